The van der Waals surface area contributed by atoms with Gasteiger partial charge in [-0.05, 0) is 37.6 Å². The van der Waals surface area contributed by atoms with Crippen molar-refractivity contribution in [1.82, 2.24) is 10.6 Å². The van der Waals surface area contributed by atoms with Crippen LogP contribution in [0.5, 0.6) is 0 Å². The maximum Gasteiger partial charge on any atom is 0.287 e. The molecule has 5 heteroatoms. The smallest absolute Gasteiger partial charge is 0.287 e. The summed E-state index contributed by atoms with van der Waals surface area (Å²) in [5.41, 5.74) is 2.71. The molecule has 0 spiro atoms. The Morgan fingerprint density at radius 1 is 1.05 bits per heavy atom. The lowest BCUT2D eigenvalue weighted by Crippen LogP contribution is -2.34. The molecule has 2 rings (SSSR count). The predicted octanol–water partition coefficient (Wildman–Crippen LogP) is 2.06. The van der Waals surface area contributed by atoms with E-state index in [4.69, 9.17) is 4.42 Å². The number of amides is 2. The summed E-state index contributed by atoms with van der Waals surface area (Å²) < 4.78 is 4.97. The molecule has 2 aromatic rings. The van der Waals surface area contributed by atoms with Gasteiger partial charge in [-0.15, -0.1) is 0 Å². The van der Waals surface area contributed by atoms with Crippen LogP contribution in [0.25, 0.3) is 0 Å². The van der Waals surface area contributed by atoms with Crippen LogP contribution in [0, 0.1) is 13.8 Å². The molecule has 0 aliphatic rings. The molecule has 0 unspecified atom stereocenters. The molecule has 0 bridgehead atoms. The molecular formula is C16H18N2O3. The summed E-state index contributed by atoms with van der Waals surface area (Å²) in [5, 5.41) is 5.44. The SMILES string of the molecule is Cc1ccc(C(=O)NCCNC(=O)c2ccco2)c(C)c1. The van der Waals surface area contributed by atoms with Gasteiger partial charge in [0.2, 0.25) is 0 Å². The summed E-state index contributed by atoms with van der Waals surface area (Å²) in [6.07, 6.45) is 1.44. The van der Waals surface area contributed by atoms with E-state index in [1.165, 1.54) is 6.26 Å². The summed E-state index contributed by atoms with van der Waals surface area (Å²) in [6.45, 7) is 4.59. The molecule has 2 amide bonds. The van der Waals surface area contributed by atoms with Gasteiger partial charge in [-0.2, -0.15) is 0 Å². The Kier molecular flexibility index (Phi) is 4.77. The summed E-state index contributed by atoms with van der Waals surface area (Å²) >= 11 is 0. The van der Waals surface area contributed by atoms with Crippen molar-refractivity contribution >= 4 is 11.8 Å². The summed E-state index contributed by atoms with van der Waals surface area (Å²) in [6, 6.07) is 8.91. The van der Waals surface area contributed by atoms with Crippen LogP contribution in [-0.4, -0.2) is 24.9 Å². The third kappa shape index (κ3) is 3.95. The molecule has 0 atom stereocenters. The van der Waals surface area contributed by atoms with Crippen LogP contribution in [0.15, 0.2) is 41.0 Å². The molecule has 0 saturated carbocycles. The quantitative estimate of drug-likeness (QED) is 0.826. The molecule has 0 saturated heterocycles. The van der Waals surface area contributed by atoms with E-state index in [-0.39, 0.29) is 17.6 Å². The van der Waals surface area contributed by atoms with Gasteiger partial charge in [0, 0.05) is 18.7 Å². The van der Waals surface area contributed by atoms with Crippen molar-refractivity contribution in [2.75, 3.05) is 13.1 Å². The van der Waals surface area contributed by atoms with Crippen molar-refractivity contribution in [3.05, 3.63) is 59.0 Å². The molecule has 110 valence electrons. The number of benzene rings is 1. The number of rotatable bonds is 5. The zero-order chi connectivity index (χ0) is 15.2. The monoisotopic (exact) mass is 286 g/mol. The fourth-order valence-electron chi connectivity index (χ4n) is 2.01. The molecule has 0 fully saturated rings. The number of hydrogen-bond acceptors (Lipinski definition) is 3. The average Bonchev–Trinajstić information content (AvgIpc) is 2.97. The van der Waals surface area contributed by atoms with Crippen molar-refractivity contribution in [2.24, 2.45) is 0 Å². The summed E-state index contributed by atoms with van der Waals surface area (Å²) in [7, 11) is 0. The van der Waals surface area contributed by atoms with Crippen molar-refractivity contribution in [3.63, 3.8) is 0 Å². The zero-order valence-corrected chi connectivity index (χ0v) is 12.1. The Bertz CT molecular complexity index is 633. The van der Waals surface area contributed by atoms with Crippen LogP contribution in [0.2, 0.25) is 0 Å². The van der Waals surface area contributed by atoms with Crippen molar-refractivity contribution < 1.29 is 14.0 Å². The fraction of sp³-hybridized carbons (Fsp3) is 0.250. The highest BCUT2D eigenvalue weighted by atomic mass is 16.3. The van der Waals surface area contributed by atoms with Gasteiger partial charge in [-0.3, -0.25) is 9.59 Å². The highest BCUT2D eigenvalue weighted by Gasteiger charge is 2.09. The Labute approximate surface area is 123 Å². The third-order valence-electron chi connectivity index (χ3n) is 3.07. The summed E-state index contributed by atoms with van der Waals surface area (Å²) in [5.74, 6) is -0.170. The Hall–Kier alpha value is -2.56. The molecule has 1 aromatic heterocycles. The van der Waals surface area contributed by atoms with Crippen molar-refractivity contribution in [2.45, 2.75) is 13.8 Å². The van der Waals surface area contributed by atoms with E-state index in [1.54, 1.807) is 18.2 Å². The second-order valence-electron chi connectivity index (χ2n) is 4.81. The Morgan fingerprint density at radius 2 is 1.76 bits per heavy atom. The van der Waals surface area contributed by atoms with E-state index in [9.17, 15) is 9.59 Å². The third-order valence-corrected chi connectivity index (χ3v) is 3.07. The number of carbonyl (C=O) groups excluding carboxylic acids is 2. The second-order valence-corrected chi connectivity index (χ2v) is 4.81. The molecule has 0 radical (unpaired) electrons. The lowest BCUT2D eigenvalue weighted by molar-refractivity contribution is 0.0910. The normalized spacial score (nSPS) is 10.2. The largest absolute Gasteiger partial charge is 0.459 e. The predicted molar refractivity (Wildman–Crippen MR) is 79.3 cm³/mol. The topological polar surface area (TPSA) is 71.3 Å². The van der Waals surface area contributed by atoms with E-state index in [1.807, 2.05) is 26.0 Å². The maximum atomic E-state index is 12.0. The van der Waals surface area contributed by atoms with Crippen LogP contribution in [-0.2, 0) is 0 Å². The molecule has 1 heterocycles. The van der Waals surface area contributed by atoms with Crippen molar-refractivity contribution in [3.8, 4) is 0 Å². The van der Waals surface area contributed by atoms with Crippen LogP contribution < -0.4 is 10.6 Å². The molecule has 2 N–H and O–H groups in total. The standard InChI is InChI=1S/C16H18N2O3/c1-11-5-6-13(12(2)10-11)15(19)17-7-8-18-16(20)14-4-3-9-21-14/h3-6,9-10H,7-8H2,1-2H3,(H,17,19)(H,18,20). The Morgan fingerprint density at radius 3 is 2.38 bits per heavy atom. The van der Waals surface area contributed by atoms with Gasteiger partial charge in [0.25, 0.3) is 11.8 Å². The van der Waals surface area contributed by atoms with E-state index in [0.29, 0.717) is 18.7 Å². The molecule has 1 aromatic carbocycles. The first-order chi connectivity index (χ1) is 10.1. The molecule has 21 heavy (non-hydrogen) atoms. The van der Waals surface area contributed by atoms with Gasteiger partial charge in [0.05, 0.1) is 6.26 Å². The second kappa shape index (κ2) is 6.74. The highest BCUT2D eigenvalue weighted by Crippen LogP contribution is 2.10. The van der Waals surface area contributed by atoms with Crippen LogP contribution >= 0.6 is 0 Å². The van der Waals surface area contributed by atoms with Crippen molar-refractivity contribution in [1.29, 1.82) is 0 Å². The van der Waals surface area contributed by atoms with Gasteiger partial charge in [-0.25, -0.2) is 0 Å². The number of furan rings is 1. The van der Waals surface area contributed by atoms with Gasteiger partial charge in [-0.1, -0.05) is 17.7 Å². The first-order valence-electron chi connectivity index (χ1n) is 6.75. The first-order valence-corrected chi connectivity index (χ1v) is 6.75. The maximum absolute atomic E-state index is 12.0. The first kappa shape index (κ1) is 14.8. The van der Waals surface area contributed by atoms with Crippen LogP contribution in [0.1, 0.15) is 32.0 Å². The minimum absolute atomic E-state index is 0.139. The fourth-order valence-corrected chi connectivity index (χ4v) is 2.01. The van der Waals surface area contributed by atoms with Gasteiger partial charge in [0.15, 0.2) is 5.76 Å². The summed E-state index contributed by atoms with van der Waals surface area (Å²) in [4.78, 5) is 23.6. The number of hydrogen-bond donors (Lipinski definition) is 2. The number of aryl methyl sites for hydroxylation is 2. The van der Waals surface area contributed by atoms with E-state index >= 15 is 0 Å². The zero-order valence-electron chi connectivity index (χ0n) is 12.1. The van der Waals surface area contributed by atoms with Gasteiger partial charge in [0.1, 0.15) is 0 Å². The van der Waals surface area contributed by atoms with Gasteiger partial charge >= 0.3 is 0 Å². The average molecular weight is 286 g/mol. The minimum Gasteiger partial charge on any atom is -0.459 e. The minimum atomic E-state index is -0.291. The van der Waals surface area contributed by atoms with Crippen LogP contribution in [0.4, 0.5) is 0 Å². The lowest BCUT2D eigenvalue weighted by Gasteiger charge is -2.08. The van der Waals surface area contributed by atoms with Gasteiger partial charge < -0.3 is 15.1 Å². The van der Waals surface area contributed by atoms with Crippen LogP contribution in [0.3, 0.4) is 0 Å². The van der Waals surface area contributed by atoms with E-state index in [0.717, 1.165) is 11.1 Å². The molecular weight excluding hydrogens is 268 g/mol. The molecule has 0 aliphatic carbocycles. The van der Waals surface area contributed by atoms with E-state index < -0.39 is 0 Å². The lowest BCUT2D eigenvalue weighted by atomic mass is 10.1. The highest BCUT2D eigenvalue weighted by molar-refractivity contribution is 5.95. The molecule has 0 aliphatic heterocycles. The number of nitrogens with one attached hydrogen (secondary N) is 2. The molecule has 5 nitrogen and oxygen atoms in total. The Balaban J connectivity index is 1.78. The van der Waals surface area contributed by atoms with E-state index in [2.05, 4.69) is 10.6 Å². The number of carbonyl (C=O) groups is 2.